The Morgan fingerprint density at radius 2 is 2.32 bits per heavy atom. The van der Waals surface area contributed by atoms with Crippen LogP contribution in [0.4, 0.5) is 5.69 Å². The van der Waals surface area contributed by atoms with Crippen molar-refractivity contribution in [3.05, 3.63) is 46.7 Å². The number of esters is 1. The number of phenolic OH excluding ortho intramolecular Hbond substituents is 1. The Kier molecular flexibility index (Phi) is 2.93. The van der Waals surface area contributed by atoms with Gasteiger partial charge in [0.05, 0.1) is 23.8 Å². The number of aromatic hydroxyl groups is 1. The molecule has 2 saturated heterocycles. The van der Waals surface area contributed by atoms with Gasteiger partial charge in [0, 0.05) is 30.7 Å². The number of nitrogens with one attached hydrogen (secondary N) is 1. The van der Waals surface area contributed by atoms with Crippen molar-refractivity contribution in [2.45, 2.75) is 31.2 Å². The van der Waals surface area contributed by atoms with Crippen molar-refractivity contribution in [3.63, 3.8) is 0 Å². The fourth-order valence-electron chi connectivity index (χ4n) is 5.67. The van der Waals surface area contributed by atoms with Crippen molar-refractivity contribution in [2.75, 3.05) is 25.5 Å². The Balaban J connectivity index is 1.83. The minimum atomic E-state index is -0.252. The first-order valence-corrected chi connectivity index (χ1v) is 8.93. The molecular weight excluding hydrogens is 316 g/mol. The molecule has 0 saturated carbocycles. The number of anilines is 1. The second-order valence-electron chi connectivity index (χ2n) is 7.46. The zero-order valence-electron chi connectivity index (χ0n) is 14.5. The molecule has 1 aliphatic carbocycles. The van der Waals surface area contributed by atoms with E-state index in [9.17, 15) is 9.90 Å². The van der Waals surface area contributed by atoms with Gasteiger partial charge in [-0.25, -0.2) is 4.79 Å². The third kappa shape index (κ3) is 1.64. The number of benzene rings is 1. The quantitative estimate of drug-likeness (QED) is 0.468. The van der Waals surface area contributed by atoms with Crippen molar-refractivity contribution in [1.29, 1.82) is 0 Å². The summed E-state index contributed by atoms with van der Waals surface area (Å²) < 4.78 is 5.17. The third-order valence-electron chi connectivity index (χ3n) is 6.71. The van der Waals surface area contributed by atoms with Gasteiger partial charge in [-0.2, -0.15) is 0 Å². The molecular formula is C20H22N2O3. The van der Waals surface area contributed by atoms with E-state index in [-0.39, 0.29) is 23.1 Å². The molecule has 3 heterocycles. The lowest BCUT2D eigenvalue weighted by atomic mass is 9.62. The Morgan fingerprint density at radius 1 is 1.48 bits per heavy atom. The summed E-state index contributed by atoms with van der Waals surface area (Å²) in [6.45, 7) is 3.97. The monoisotopic (exact) mass is 338 g/mol. The van der Waals surface area contributed by atoms with E-state index >= 15 is 0 Å². The molecule has 130 valence electrons. The van der Waals surface area contributed by atoms with Crippen molar-refractivity contribution in [1.82, 2.24) is 4.90 Å². The van der Waals surface area contributed by atoms with E-state index in [1.165, 1.54) is 12.7 Å². The van der Waals surface area contributed by atoms with E-state index in [0.29, 0.717) is 6.04 Å². The SMILES string of the molecule is C/C=C1\CN2CC[C@@]34C(=C(C(=O)OC)[C@@H]1C[C@@H]23)Nc1c(O)cccc14. The highest BCUT2D eigenvalue weighted by Gasteiger charge is 2.62. The number of phenols is 1. The lowest BCUT2D eigenvalue weighted by Crippen LogP contribution is -2.53. The van der Waals surface area contributed by atoms with Gasteiger partial charge in [-0.05, 0) is 31.4 Å². The maximum atomic E-state index is 12.8. The predicted octanol–water partition coefficient (Wildman–Crippen LogP) is 2.54. The molecule has 5 heteroatoms. The van der Waals surface area contributed by atoms with E-state index in [1.54, 1.807) is 6.07 Å². The number of rotatable bonds is 1. The molecule has 25 heavy (non-hydrogen) atoms. The zero-order chi connectivity index (χ0) is 17.3. The summed E-state index contributed by atoms with van der Waals surface area (Å²) in [5.41, 5.74) is 4.66. The van der Waals surface area contributed by atoms with Crippen molar-refractivity contribution in [3.8, 4) is 5.75 Å². The molecule has 4 aliphatic rings. The number of ether oxygens (including phenoxy) is 1. The first-order chi connectivity index (χ1) is 12.1. The predicted molar refractivity (Wildman–Crippen MR) is 94.3 cm³/mol. The van der Waals surface area contributed by atoms with Gasteiger partial charge in [0.2, 0.25) is 0 Å². The smallest absolute Gasteiger partial charge is 0.336 e. The van der Waals surface area contributed by atoms with Crippen molar-refractivity contribution in [2.24, 2.45) is 5.92 Å². The molecule has 3 aliphatic heterocycles. The van der Waals surface area contributed by atoms with Gasteiger partial charge >= 0.3 is 5.97 Å². The Labute approximate surface area is 147 Å². The summed E-state index contributed by atoms with van der Waals surface area (Å²) in [7, 11) is 1.45. The molecule has 2 fully saturated rings. The van der Waals surface area contributed by atoms with E-state index in [0.717, 1.165) is 48.5 Å². The maximum absolute atomic E-state index is 12.8. The summed E-state index contributed by atoms with van der Waals surface area (Å²) in [5, 5.41) is 13.8. The lowest BCUT2D eigenvalue weighted by molar-refractivity contribution is -0.137. The van der Waals surface area contributed by atoms with Crippen LogP contribution in [0, 0.1) is 5.92 Å². The van der Waals surface area contributed by atoms with E-state index in [4.69, 9.17) is 4.74 Å². The average molecular weight is 338 g/mol. The Bertz CT molecular complexity index is 856. The van der Waals surface area contributed by atoms with Crippen molar-refractivity contribution >= 4 is 11.7 Å². The van der Waals surface area contributed by atoms with Gasteiger partial charge in [-0.1, -0.05) is 23.8 Å². The number of carbonyl (C=O) groups is 1. The maximum Gasteiger partial charge on any atom is 0.336 e. The number of fused-ring (bicyclic) bond motifs is 2. The minimum Gasteiger partial charge on any atom is -0.506 e. The zero-order valence-corrected chi connectivity index (χ0v) is 14.5. The van der Waals surface area contributed by atoms with Crippen LogP contribution in [0.5, 0.6) is 5.75 Å². The van der Waals surface area contributed by atoms with E-state index in [1.807, 2.05) is 6.07 Å². The van der Waals surface area contributed by atoms with Gasteiger partial charge in [0.15, 0.2) is 0 Å². The van der Waals surface area contributed by atoms with E-state index < -0.39 is 0 Å². The third-order valence-corrected chi connectivity index (χ3v) is 6.71. The van der Waals surface area contributed by atoms with Crippen LogP contribution in [0.2, 0.25) is 0 Å². The first kappa shape index (κ1) is 15.0. The lowest BCUT2D eigenvalue weighted by Gasteiger charge is -2.48. The summed E-state index contributed by atoms with van der Waals surface area (Å²) in [4.78, 5) is 15.3. The number of hydrogen-bond acceptors (Lipinski definition) is 5. The van der Waals surface area contributed by atoms with Crippen molar-refractivity contribution < 1.29 is 14.6 Å². The molecule has 5 nitrogen and oxygen atoms in total. The highest BCUT2D eigenvalue weighted by atomic mass is 16.5. The summed E-state index contributed by atoms with van der Waals surface area (Å²) in [6, 6.07) is 6.06. The highest BCUT2D eigenvalue weighted by molar-refractivity contribution is 5.94. The Hall–Kier alpha value is -2.27. The largest absolute Gasteiger partial charge is 0.506 e. The number of hydrogen-bond donors (Lipinski definition) is 2. The second-order valence-corrected chi connectivity index (χ2v) is 7.46. The highest BCUT2D eigenvalue weighted by Crippen LogP contribution is 2.62. The van der Waals surface area contributed by atoms with Gasteiger partial charge in [0.25, 0.3) is 0 Å². The standard InChI is InChI=1S/C20H22N2O3/c1-3-11-10-22-8-7-20-13-5-4-6-14(23)17(13)21-18(20)16(19(24)25-2)12(11)9-15(20)22/h3-6,12,15,21,23H,7-10H2,1-2H3/b11-3+/t12-,15-,20+/m1/s1. The number of nitrogens with zero attached hydrogens (tertiary/aromatic N) is 1. The van der Waals surface area contributed by atoms with Crippen LogP contribution < -0.4 is 5.32 Å². The number of piperidine rings is 1. The first-order valence-electron chi connectivity index (χ1n) is 8.93. The van der Waals surface area contributed by atoms with Crippen LogP contribution in [-0.4, -0.2) is 42.2 Å². The number of methoxy groups -OCH3 is 1. The number of carbonyl (C=O) groups excluding carboxylic acids is 1. The molecule has 1 spiro atoms. The molecule has 3 atom stereocenters. The van der Waals surface area contributed by atoms with Gasteiger partial charge in [0.1, 0.15) is 5.75 Å². The summed E-state index contributed by atoms with van der Waals surface area (Å²) >= 11 is 0. The molecule has 0 aromatic heterocycles. The minimum absolute atomic E-state index is 0.101. The molecule has 0 radical (unpaired) electrons. The average Bonchev–Trinajstić information content (AvgIpc) is 3.18. The fraction of sp³-hybridized carbons (Fsp3) is 0.450. The number of allylic oxidation sites excluding steroid dienone is 1. The molecule has 1 aromatic rings. The summed E-state index contributed by atoms with van der Waals surface area (Å²) in [5.74, 6) is 0.0958. The molecule has 1 aromatic carbocycles. The second kappa shape index (κ2) is 4.88. The van der Waals surface area contributed by atoms with Gasteiger partial charge in [-0.15, -0.1) is 0 Å². The fourth-order valence-corrected chi connectivity index (χ4v) is 5.67. The normalized spacial score (nSPS) is 33.9. The van der Waals surface area contributed by atoms with Crippen LogP contribution in [0.1, 0.15) is 25.3 Å². The van der Waals surface area contributed by atoms with Gasteiger partial charge < -0.3 is 15.2 Å². The number of para-hydroxylation sites is 1. The van der Waals surface area contributed by atoms with Crippen LogP contribution in [-0.2, 0) is 14.9 Å². The molecule has 5 rings (SSSR count). The van der Waals surface area contributed by atoms with Gasteiger partial charge in [-0.3, -0.25) is 4.90 Å². The molecule has 0 amide bonds. The molecule has 0 unspecified atom stereocenters. The molecule has 2 N–H and O–H groups in total. The van der Waals surface area contributed by atoms with Crippen LogP contribution in [0.3, 0.4) is 0 Å². The van der Waals surface area contributed by atoms with Crippen LogP contribution in [0.15, 0.2) is 41.1 Å². The Morgan fingerprint density at radius 3 is 3.08 bits per heavy atom. The topological polar surface area (TPSA) is 61.8 Å². The van der Waals surface area contributed by atoms with E-state index in [2.05, 4.69) is 29.3 Å². The molecule has 2 bridgehead atoms. The summed E-state index contributed by atoms with van der Waals surface area (Å²) in [6.07, 6.45) is 4.04. The van der Waals surface area contributed by atoms with Crippen LogP contribution in [0.25, 0.3) is 0 Å². The van der Waals surface area contributed by atoms with Crippen LogP contribution >= 0.6 is 0 Å².